The van der Waals surface area contributed by atoms with Crippen LogP contribution in [0.2, 0.25) is 5.02 Å². The summed E-state index contributed by atoms with van der Waals surface area (Å²) in [5.41, 5.74) is 2.38. The molecular weight excluding hydrogens is 549 g/mol. The highest BCUT2D eigenvalue weighted by Crippen LogP contribution is 2.39. The maximum absolute atomic E-state index is 15.3. The predicted molar refractivity (Wildman–Crippen MR) is 149 cm³/mol. The Balaban J connectivity index is 1.37. The average Bonchev–Trinajstić information content (AvgIpc) is 3.39. The highest BCUT2D eigenvalue weighted by Gasteiger charge is 2.31. The molecule has 10 nitrogen and oxygen atoms in total. The molecule has 1 saturated carbocycles. The minimum atomic E-state index is -1.01. The fourth-order valence-corrected chi connectivity index (χ4v) is 5.27. The Morgan fingerprint density at radius 2 is 2.02 bits per heavy atom. The first-order chi connectivity index (χ1) is 19.9. The smallest absolute Gasteiger partial charge is 0.407 e. The summed E-state index contributed by atoms with van der Waals surface area (Å²) in [7, 11) is 1.59. The van der Waals surface area contributed by atoms with E-state index in [-0.39, 0.29) is 40.5 Å². The molecule has 2 N–H and O–H groups in total. The molecule has 1 amide bonds. The molecule has 0 bridgehead atoms. The van der Waals surface area contributed by atoms with Gasteiger partial charge >= 0.3 is 6.09 Å². The molecule has 2 aromatic heterocycles. The Hall–Kier alpha value is -4.74. The molecule has 0 radical (unpaired) electrons. The number of aromatic nitrogens is 4. The van der Waals surface area contributed by atoms with E-state index in [1.165, 1.54) is 4.90 Å². The Kier molecular flexibility index (Phi) is 6.90. The van der Waals surface area contributed by atoms with Crippen molar-refractivity contribution in [3.05, 3.63) is 69.9 Å². The lowest BCUT2D eigenvalue weighted by Gasteiger charge is -2.16. The number of methoxy groups -OCH3 is 1. The number of nitrogens with zero attached hydrogens (tertiary/aromatic N) is 6. The van der Waals surface area contributed by atoms with E-state index < -0.39 is 11.9 Å². The highest BCUT2D eigenvalue weighted by molar-refractivity contribution is 6.32. The van der Waals surface area contributed by atoms with E-state index in [4.69, 9.17) is 16.3 Å². The van der Waals surface area contributed by atoms with Crippen molar-refractivity contribution < 1.29 is 19.0 Å². The number of hydrogen-bond donors (Lipinski definition) is 2. The summed E-state index contributed by atoms with van der Waals surface area (Å²) in [5, 5.41) is 27.4. The van der Waals surface area contributed by atoms with Gasteiger partial charge in [0, 0.05) is 31.2 Å². The van der Waals surface area contributed by atoms with Crippen molar-refractivity contribution in [3.8, 4) is 23.7 Å². The quantitative estimate of drug-likeness (QED) is 0.305. The second-order valence-electron chi connectivity index (χ2n) is 10.1. The second kappa shape index (κ2) is 10.7. The maximum atomic E-state index is 15.3. The van der Waals surface area contributed by atoms with E-state index in [9.17, 15) is 15.2 Å². The third-order valence-corrected chi connectivity index (χ3v) is 7.79. The molecule has 1 atom stereocenters. The van der Waals surface area contributed by atoms with Crippen LogP contribution in [-0.2, 0) is 6.54 Å². The number of hydrogen-bond acceptors (Lipinski definition) is 6. The molecule has 0 spiro atoms. The minimum Gasteiger partial charge on any atom is -0.497 e. The summed E-state index contributed by atoms with van der Waals surface area (Å²) in [6, 6.07) is 11.3. The van der Waals surface area contributed by atoms with Gasteiger partial charge in [-0.05, 0) is 48.9 Å². The topological polar surface area (TPSA) is 121 Å². The van der Waals surface area contributed by atoms with Gasteiger partial charge in [-0.15, -0.1) is 0 Å². The fraction of sp³-hybridized carbons (Fsp3) is 0.310. The van der Waals surface area contributed by atoms with E-state index in [2.05, 4.69) is 33.3 Å². The number of ether oxygens (including phenoxy) is 1. The van der Waals surface area contributed by atoms with Gasteiger partial charge in [-0.3, -0.25) is 0 Å². The number of imidazole rings is 1. The number of nitriles is 1. The number of rotatable bonds is 6. The van der Waals surface area contributed by atoms with Crippen LogP contribution in [0.5, 0.6) is 5.75 Å². The number of halogens is 2. The standard InChI is InChI=1S/C29H25ClFN7O3/c1-41-21-7-2-17(3-8-21)14-33-28-22(13-32)23(35-38(28)20-10-11-36(15-20)29(39)40)9-4-18-12-24-27(26(31)25(18)30)37(16-34-24)19-5-6-19/h2-3,7-8,12,16,19-20,33H,5-6,10-11,14-15H2,1H3,(H,39,40). The second-order valence-corrected chi connectivity index (χ2v) is 10.4. The van der Waals surface area contributed by atoms with Gasteiger partial charge in [-0.25, -0.2) is 18.9 Å². The number of fused-ring (bicyclic) bond motifs is 1. The summed E-state index contributed by atoms with van der Waals surface area (Å²) < 4.78 is 24.0. The van der Waals surface area contributed by atoms with Crippen molar-refractivity contribution in [2.24, 2.45) is 0 Å². The molecule has 208 valence electrons. The number of nitrogens with one attached hydrogen (secondary N) is 1. The van der Waals surface area contributed by atoms with Crippen LogP contribution in [0.1, 0.15) is 53.7 Å². The van der Waals surface area contributed by atoms with Gasteiger partial charge in [0.05, 0.1) is 30.0 Å². The van der Waals surface area contributed by atoms with E-state index in [1.807, 2.05) is 28.8 Å². The Morgan fingerprint density at radius 1 is 1.24 bits per heavy atom. The molecule has 2 aromatic carbocycles. The van der Waals surface area contributed by atoms with Crippen LogP contribution in [0.15, 0.2) is 36.7 Å². The van der Waals surface area contributed by atoms with Crippen LogP contribution in [-0.4, -0.2) is 55.6 Å². The van der Waals surface area contributed by atoms with Gasteiger partial charge in [0.25, 0.3) is 0 Å². The van der Waals surface area contributed by atoms with Crippen molar-refractivity contribution in [2.75, 3.05) is 25.5 Å². The number of carbonyl (C=O) groups is 1. The van der Waals surface area contributed by atoms with Gasteiger partial charge in [-0.1, -0.05) is 29.7 Å². The largest absolute Gasteiger partial charge is 0.497 e. The molecule has 1 aliphatic heterocycles. The summed E-state index contributed by atoms with van der Waals surface area (Å²) in [5.74, 6) is 6.38. The van der Waals surface area contributed by atoms with Crippen molar-refractivity contribution in [1.29, 1.82) is 5.26 Å². The molecule has 6 rings (SSSR count). The van der Waals surface area contributed by atoms with Crippen LogP contribution in [0.25, 0.3) is 11.0 Å². The van der Waals surface area contributed by atoms with Crippen LogP contribution in [0.3, 0.4) is 0 Å². The monoisotopic (exact) mass is 573 g/mol. The number of amides is 1. The lowest BCUT2D eigenvalue weighted by atomic mass is 10.1. The van der Waals surface area contributed by atoms with Crippen molar-refractivity contribution in [1.82, 2.24) is 24.2 Å². The maximum Gasteiger partial charge on any atom is 0.407 e. The normalized spacial score (nSPS) is 16.3. The molecule has 41 heavy (non-hydrogen) atoms. The van der Waals surface area contributed by atoms with Crippen LogP contribution >= 0.6 is 11.6 Å². The summed E-state index contributed by atoms with van der Waals surface area (Å²) in [6.45, 7) is 0.955. The Labute approximate surface area is 239 Å². The number of benzene rings is 2. The highest BCUT2D eigenvalue weighted by atomic mass is 35.5. The Bertz CT molecular complexity index is 1760. The van der Waals surface area contributed by atoms with E-state index in [0.717, 1.165) is 24.2 Å². The van der Waals surface area contributed by atoms with Gasteiger partial charge in [0.1, 0.15) is 28.7 Å². The van der Waals surface area contributed by atoms with Gasteiger partial charge in [0.15, 0.2) is 11.5 Å². The first-order valence-electron chi connectivity index (χ1n) is 13.1. The number of likely N-dealkylation sites (tertiary alicyclic amines) is 1. The lowest BCUT2D eigenvalue weighted by molar-refractivity contribution is 0.154. The van der Waals surface area contributed by atoms with E-state index in [0.29, 0.717) is 36.4 Å². The van der Waals surface area contributed by atoms with E-state index in [1.54, 1.807) is 24.2 Å². The van der Waals surface area contributed by atoms with Gasteiger partial charge in [-0.2, -0.15) is 10.4 Å². The first kappa shape index (κ1) is 26.5. The number of anilines is 1. The average molecular weight is 574 g/mol. The van der Waals surface area contributed by atoms with Crippen LogP contribution in [0, 0.1) is 29.0 Å². The van der Waals surface area contributed by atoms with Crippen molar-refractivity contribution in [2.45, 2.75) is 37.9 Å². The minimum absolute atomic E-state index is 0.115. The zero-order chi connectivity index (χ0) is 28.7. The predicted octanol–water partition coefficient (Wildman–Crippen LogP) is 5.18. The van der Waals surface area contributed by atoms with Crippen LogP contribution < -0.4 is 10.1 Å². The van der Waals surface area contributed by atoms with Crippen LogP contribution in [0.4, 0.5) is 15.0 Å². The van der Waals surface area contributed by atoms with Gasteiger partial charge < -0.3 is 24.6 Å². The molecule has 1 saturated heterocycles. The summed E-state index contributed by atoms with van der Waals surface area (Å²) >= 11 is 6.40. The van der Waals surface area contributed by atoms with E-state index >= 15 is 4.39 Å². The molecule has 2 fully saturated rings. The third kappa shape index (κ3) is 5.01. The lowest BCUT2D eigenvalue weighted by Crippen LogP contribution is -2.27. The molecule has 2 aliphatic rings. The molecular formula is C29H25ClFN7O3. The zero-order valence-corrected chi connectivity index (χ0v) is 22.8. The van der Waals surface area contributed by atoms with Gasteiger partial charge in [0.2, 0.25) is 0 Å². The summed E-state index contributed by atoms with van der Waals surface area (Å²) in [6.07, 6.45) is 3.09. The molecule has 1 unspecified atom stereocenters. The van der Waals surface area contributed by atoms with Crippen molar-refractivity contribution >= 4 is 34.5 Å². The van der Waals surface area contributed by atoms with Crippen molar-refractivity contribution in [3.63, 3.8) is 0 Å². The molecule has 3 heterocycles. The zero-order valence-electron chi connectivity index (χ0n) is 22.1. The summed E-state index contributed by atoms with van der Waals surface area (Å²) in [4.78, 5) is 17.2. The third-order valence-electron chi connectivity index (χ3n) is 7.42. The molecule has 12 heteroatoms. The Morgan fingerprint density at radius 3 is 2.68 bits per heavy atom. The first-order valence-corrected chi connectivity index (χ1v) is 13.5. The SMILES string of the molecule is COc1ccc(CNc2c(C#N)c(C#Cc3cc4ncn(C5CC5)c4c(F)c3Cl)nn2C2CCN(C(=O)O)C2)cc1. The number of carboxylic acid groups (broad SMARTS) is 1. The fourth-order valence-electron chi connectivity index (χ4n) is 5.08. The molecule has 4 aromatic rings. The molecule has 1 aliphatic carbocycles.